The van der Waals surface area contributed by atoms with Gasteiger partial charge in [-0.25, -0.2) is 4.39 Å². The third-order valence-electron chi connectivity index (χ3n) is 2.79. The topological polar surface area (TPSA) is 47.9 Å². The highest BCUT2D eigenvalue weighted by Gasteiger charge is 2.17. The molecule has 1 unspecified atom stereocenters. The Morgan fingerprint density at radius 3 is 3.00 bits per heavy atom. The van der Waals surface area contributed by atoms with E-state index in [2.05, 4.69) is 16.7 Å². The molecule has 2 N–H and O–H groups in total. The van der Waals surface area contributed by atoms with Crippen LogP contribution in [0.3, 0.4) is 0 Å². The Morgan fingerprint density at radius 1 is 1.44 bits per heavy atom. The van der Waals surface area contributed by atoms with Crippen molar-refractivity contribution in [2.45, 2.75) is 12.5 Å². The first kappa shape index (κ1) is 11.1. The van der Waals surface area contributed by atoms with Gasteiger partial charge in [-0.1, -0.05) is 6.07 Å². The lowest BCUT2D eigenvalue weighted by Gasteiger charge is -2.26. The van der Waals surface area contributed by atoms with E-state index in [9.17, 15) is 4.39 Å². The van der Waals surface area contributed by atoms with Gasteiger partial charge in [0.05, 0.1) is 12.5 Å². The van der Waals surface area contributed by atoms with Crippen molar-refractivity contribution in [3.05, 3.63) is 35.1 Å². The molecular formula is C12H14FN3. The van der Waals surface area contributed by atoms with Crippen molar-refractivity contribution in [3.63, 3.8) is 0 Å². The summed E-state index contributed by atoms with van der Waals surface area (Å²) >= 11 is 0. The van der Waals surface area contributed by atoms with Gasteiger partial charge < -0.3 is 10.6 Å². The number of benzene rings is 1. The summed E-state index contributed by atoms with van der Waals surface area (Å²) in [5.41, 5.74) is 1.80. The highest BCUT2D eigenvalue weighted by Crippen LogP contribution is 2.20. The van der Waals surface area contributed by atoms with Gasteiger partial charge >= 0.3 is 0 Å². The van der Waals surface area contributed by atoms with Gasteiger partial charge in [0.1, 0.15) is 5.82 Å². The lowest BCUT2D eigenvalue weighted by atomic mass is 9.97. The second kappa shape index (κ2) is 5.06. The molecule has 0 saturated carbocycles. The van der Waals surface area contributed by atoms with Crippen LogP contribution in [-0.2, 0) is 6.42 Å². The summed E-state index contributed by atoms with van der Waals surface area (Å²) in [6, 6.07) is 6.93. The van der Waals surface area contributed by atoms with E-state index in [1.807, 2.05) is 0 Å². The van der Waals surface area contributed by atoms with Crippen LogP contribution in [0.25, 0.3) is 0 Å². The molecule has 0 spiro atoms. The molecule has 0 aliphatic carbocycles. The average molecular weight is 219 g/mol. The van der Waals surface area contributed by atoms with Crippen molar-refractivity contribution in [3.8, 4) is 6.07 Å². The summed E-state index contributed by atoms with van der Waals surface area (Å²) in [4.78, 5) is 0. The molecular weight excluding hydrogens is 205 g/mol. The van der Waals surface area contributed by atoms with Crippen molar-refractivity contribution >= 4 is 0 Å². The van der Waals surface area contributed by atoms with Gasteiger partial charge in [-0.15, -0.1) is 0 Å². The first-order valence-electron chi connectivity index (χ1n) is 5.40. The van der Waals surface area contributed by atoms with Crippen LogP contribution >= 0.6 is 0 Å². The normalized spacial score (nSPS) is 20.4. The number of hydrogen-bond acceptors (Lipinski definition) is 3. The molecule has 1 heterocycles. The maximum atomic E-state index is 13.1. The third-order valence-corrected chi connectivity index (χ3v) is 2.79. The molecule has 1 aromatic carbocycles. The predicted molar refractivity (Wildman–Crippen MR) is 59.3 cm³/mol. The molecule has 1 aliphatic rings. The van der Waals surface area contributed by atoms with Crippen molar-refractivity contribution < 1.29 is 4.39 Å². The Labute approximate surface area is 94.3 Å². The molecule has 1 atom stereocenters. The summed E-state index contributed by atoms with van der Waals surface area (Å²) in [5, 5.41) is 15.4. The molecule has 84 valence electrons. The number of nitrogens with zero attached hydrogens (tertiary/aromatic N) is 1. The minimum atomic E-state index is -0.280. The fourth-order valence-electron chi connectivity index (χ4n) is 2.03. The van der Waals surface area contributed by atoms with Crippen molar-refractivity contribution in [2.24, 2.45) is 0 Å². The zero-order valence-corrected chi connectivity index (χ0v) is 8.96. The van der Waals surface area contributed by atoms with E-state index in [1.54, 1.807) is 6.07 Å². The zero-order valence-electron chi connectivity index (χ0n) is 8.96. The lowest BCUT2D eigenvalue weighted by molar-refractivity contribution is 0.428. The molecule has 1 aliphatic heterocycles. The number of piperazine rings is 1. The molecule has 0 amide bonds. The standard InChI is InChI=1S/C12H14FN3/c13-10-1-2-11(9(7-10)3-4-14)12-8-15-5-6-16-12/h1-2,7,12,15-16H,3,5-6,8H2. The fourth-order valence-corrected chi connectivity index (χ4v) is 2.03. The number of rotatable bonds is 2. The first-order chi connectivity index (χ1) is 7.81. The summed E-state index contributed by atoms with van der Waals surface area (Å²) in [5.74, 6) is -0.280. The molecule has 1 fully saturated rings. The molecule has 16 heavy (non-hydrogen) atoms. The van der Waals surface area contributed by atoms with Gasteiger partial charge in [0.15, 0.2) is 0 Å². The Balaban J connectivity index is 2.27. The van der Waals surface area contributed by atoms with Crippen LogP contribution < -0.4 is 10.6 Å². The predicted octanol–water partition coefficient (Wildman–Crippen LogP) is 1.13. The molecule has 0 bridgehead atoms. The largest absolute Gasteiger partial charge is 0.314 e. The lowest BCUT2D eigenvalue weighted by Crippen LogP contribution is -2.43. The van der Waals surface area contributed by atoms with Gasteiger partial charge in [-0.3, -0.25) is 0 Å². The highest BCUT2D eigenvalue weighted by atomic mass is 19.1. The Morgan fingerprint density at radius 2 is 2.31 bits per heavy atom. The van der Waals surface area contributed by atoms with Crippen molar-refractivity contribution in [1.29, 1.82) is 5.26 Å². The second-order valence-electron chi connectivity index (χ2n) is 3.89. The summed E-state index contributed by atoms with van der Waals surface area (Å²) in [6.45, 7) is 2.67. The maximum absolute atomic E-state index is 13.1. The van der Waals surface area contributed by atoms with Crippen LogP contribution in [0.1, 0.15) is 17.2 Å². The quantitative estimate of drug-likeness (QED) is 0.783. The van der Waals surface area contributed by atoms with Gasteiger partial charge in [0.25, 0.3) is 0 Å². The van der Waals surface area contributed by atoms with E-state index in [0.717, 1.165) is 30.8 Å². The van der Waals surface area contributed by atoms with Crippen molar-refractivity contribution in [1.82, 2.24) is 10.6 Å². The molecule has 0 radical (unpaired) electrons. The van der Waals surface area contributed by atoms with E-state index in [-0.39, 0.29) is 18.3 Å². The smallest absolute Gasteiger partial charge is 0.123 e. The summed E-state index contributed by atoms with van der Waals surface area (Å²) in [6.07, 6.45) is 0.255. The van der Waals surface area contributed by atoms with Crippen LogP contribution in [0.4, 0.5) is 4.39 Å². The number of halogens is 1. The molecule has 1 saturated heterocycles. The highest BCUT2D eigenvalue weighted by molar-refractivity contribution is 5.33. The molecule has 3 nitrogen and oxygen atoms in total. The van der Waals surface area contributed by atoms with Crippen LogP contribution in [0, 0.1) is 17.1 Å². The third kappa shape index (κ3) is 2.38. The molecule has 4 heteroatoms. The van der Waals surface area contributed by atoms with E-state index in [0.29, 0.717) is 0 Å². The minimum Gasteiger partial charge on any atom is -0.314 e. The summed E-state index contributed by atoms with van der Waals surface area (Å²) < 4.78 is 13.1. The van der Waals surface area contributed by atoms with Crippen LogP contribution in [0.15, 0.2) is 18.2 Å². The number of hydrogen-bond donors (Lipinski definition) is 2. The second-order valence-corrected chi connectivity index (χ2v) is 3.89. The van der Waals surface area contributed by atoms with Gasteiger partial charge in [-0.2, -0.15) is 5.26 Å². The SMILES string of the molecule is N#CCc1cc(F)ccc1C1CNCCN1. The van der Waals surface area contributed by atoms with Crippen LogP contribution in [0.5, 0.6) is 0 Å². The van der Waals surface area contributed by atoms with E-state index >= 15 is 0 Å². The van der Waals surface area contributed by atoms with E-state index in [1.165, 1.54) is 12.1 Å². The van der Waals surface area contributed by atoms with E-state index < -0.39 is 0 Å². The Hall–Kier alpha value is -1.44. The molecule has 2 rings (SSSR count). The fraction of sp³-hybridized carbons (Fsp3) is 0.417. The van der Waals surface area contributed by atoms with Crippen molar-refractivity contribution in [2.75, 3.05) is 19.6 Å². The first-order valence-corrected chi connectivity index (χ1v) is 5.40. The zero-order chi connectivity index (χ0) is 11.4. The monoisotopic (exact) mass is 219 g/mol. The molecule has 0 aromatic heterocycles. The molecule has 1 aromatic rings. The van der Waals surface area contributed by atoms with Gasteiger partial charge in [-0.05, 0) is 23.3 Å². The maximum Gasteiger partial charge on any atom is 0.123 e. The number of nitriles is 1. The van der Waals surface area contributed by atoms with Crippen LogP contribution in [0.2, 0.25) is 0 Å². The van der Waals surface area contributed by atoms with Gasteiger partial charge in [0.2, 0.25) is 0 Å². The minimum absolute atomic E-state index is 0.178. The Kier molecular flexibility index (Phi) is 3.50. The Bertz CT molecular complexity index is 405. The van der Waals surface area contributed by atoms with E-state index in [4.69, 9.17) is 5.26 Å². The summed E-state index contributed by atoms with van der Waals surface area (Å²) in [7, 11) is 0. The van der Waals surface area contributed by atoms with Crippen LogP contribution in [-0.4, -0.2) is 19.6 Å². The number of nitrogens with one attached hydrogen (secondary N) is 2. The average Bonchev–Trinajstić information content (AvgIpc) is 2.31. The van der Waals surface area contributed by atoms with Gasteiger partial charge in [0, 0.05) is 25.7 Å².